The molecule has 1 heterocycles. The molecule has 0 bridgehead atoms. The van der Waals surface area contributed by atoms with Crippen molar-refractivity contribution in [1.82, 2.24) is 4.98 Å². The molecular formula is C14H11Cl2NO. The van der Waals surface area contributed by atoms with Crippen LogP contribution in [0.1, 0.15) is 21.5 Å². The van der Waals surface area contributed by atoms with Gasteiger partial charge >= 0.3 is 0 Å². The number of aryl methyl sites for hydroxylation is 1. The van der Waals surface area contributed by atoms with Crippen molar-refractivity contribution in [1.29, 1.82) is 0 Å². The van der Waals surface area contributed by atoms with Crippen LogP contribution >= 0.6 is 23.2 Å². The van der Waals surface area contributed by atoms with Crippen molar-refractivity contribution in [3.8, 4) is 0 Å². The summed E-state index contributed by atoms with van der Waals surface area (Å²) >= 11 is 11.9. The topological polar surface area (TPSA) is 30.0 Å². The van der Waals surface area contributed by atoms with Crippen molar-refractivity contribution in [3.63, 3.8) is 0 Å². The van der Waals surface area contributed by atoms with E-state index in [-0.39, 0.29) is 12.2 Å². The fourth-order valence-electron chi connectivity index (χ4n) is 1.66. The summed E-state index contributed by atoms with van der Waals surface area (Å²) in [4.78, 5) is 16.1. The minimum absolute atomic E-state index is 0.0182. The van der Waals surface area contributed by atoms with Crippen molar-refractivity contribution in [2.75, 3.05) is 0 Å². The number of pyridine rings is 1. The zero-order chi connectivity index (χ0) is 13.1. The predicted octanol–water partition coefficient (Wildman–Crippen LogP) is 4.12. The van der Waals surface area contributed by atoms with Crippen LogP contribution in [-0.4, -0.2) is 10.8 Å². The minimum Gasteiger partial charge on any atom is -0.294 e. The molecule has 0 unspecified atom stereocenters. The second-order valence-electron chi connectivity index (χ2n) is 4.09. The average molecular weight is 280 g/mol. The molecule has 4 heteroatoms. The smallest absolute Gasteiger partial charge is 0.168 e. The number of rotatable bonds is 3. The average Bonchev–Trinajstić information content (AvgIpc) is 2.34. The monoisotopic (exact) mass is 279 g/mol. The quantitative estimate of drug-likeness (QED) is 0.791. The van der Waals surface area contributed by atoms with Crippen LogP contribution in [0.3, 0.4) is 0 Å². The van der Waals surface area contributed by atoms with Gasteiger partial charge in [0.05, 0.1) is 0 Å². The van der Waals surface area contributed by atoms with Crippen LogP contribution in [0.15, 0.2) is 36.7 Å². The molecule has 18 heavy (non-hydrogen) atoms. The molecule has 0 aliphatic carbocycles. The van der Waals surface area contributed by atoms with Gasteiger partial charge in [0.25, 0.3) is 0 Å². The van der Waals surface area contributed by atoms with Gasteiger partial charge in [-0.15, -0.1) is 0 Å². The summed E-state index contributed by atoms with van der Waals surface area (Å²) in [5, 5.41) is 1.12. The van der Waals surface area contributed by atoms with Crippen molar-refractivity contribution >= 4 is 29.0 Å². The number of halogens is 2. The maximum Gasteiger partial charge on any atom is 0.168 e. The molecule has 92 valence electrons. The number of hydrogen-bond acceptors (Lipinski definition) is 2. The fraction of sp³-hybridized carbons (Fsp3) is 0.143. The molecule has 2 aromatic rings. The van der Waals surface area contributed by atoms with E-state index in [1.807, 2.05) is 13.0 Å². The van der Waals surface area contributed by atoms with Crippen molar-refractivity contribution < 1.29 is 4.79 Å². The molecule has 1 aromatic carbocycles. The standard InChI is InChI=1S/C14H11Cl2NO/c1-9-4-11(8-17-7-9)14(18)6-10-5-12(15)2-3-13(10)16/h2-5,7-8H,6H2,1H3. The van der Waals surface area contributed by atoms with Gasteiger partial charge in [-0.25, -0.2) is 0 Å². The molecule has 0 saturated carbocycles. The summed E-state index contributed by atoms with van der Waals surface area (Å²) in [6.45, 7) is 1.90. The number of nitrogens with zero attached hydrogens (tertiary/aromatic N) is 1. The number of Topliss-reactive ketones (excluding diaryl/α,β-unsaturated/α-hetero) is 1. The van der Waals surface area contributed by atoms with Crippen LogP contribution in [0, 0.1) is 6.92 Å². The summed E-state index contributed by atoms with van der Waals surface area (Å²) in [6, 6.07) is 6.92. The van der Waals surface area contributed by atoms with E-state index >= 15 is 0 Å². The number of hydrogen-bond donors (Lipinski definition) is 0. The zero-order valence-corrected chi connectivity index (χ0v) is 11.3. The summed E-state index contributed by atoms with van der Waals surface area (Å²) in [5.41, 5.74) is 2.28. The van der Waals surface area contributed by atoms with Gasteiger partial charge in [-0.05, 0) is 42.3 Å². The molecule has 0 spiro atoms. The van der Waals surface area contributed by atoms with Crippen LogP contribution in [0.25, 0.3) is 0 Å². The lowest BCUT2D eigenvalue weighted by atomic mass is 10.0. The van der Waals surface area contributed by atoms with Crippen molar-refractivity contribution in [3.05, 3.63) is 63.4 Å². The molecule has 0 saturated heterocycles. The molecule has 1 aromatic heterocycles. The Balaban J connectivity index is 2.24. The molecule has 2 rings (SSSR count). The molecule has 0 radical (unpaired) electrons. The van der Waals surface area contributed by atoms with E-state index in [0.29, 0.717) is 15.6 Å². The Morgan fingerprint density at radius 1 is 1.22 bits per heavy atom. The third-order valence-corrected chi connectivity index (χ3v) is 3.16. The van der Waals surface area contributed by atoms with E-state index in [4.69, 9.17) is 23.2 Å². The third kappa shape index (κ3) is 3.09. The highest BCUT2D eigenvalue weighted by molar-refractivity contribution is 6.33. The van der Waals surface area contributed by atoms with Crippen LogP contribution in [-0.2, 0) is 6.42 Å². The zero-order valence-electron chi connectivity index (χ0n) is 9.78. The highest BCUT2D eigenvalue weighted by atomic mass is 35.5. The Kier molecular flexibility index (Phi) is 4.00. The first-order chi connectivity index (χ1) is 8.56. The molecular weight excluding hydrogens is 269 g/mol. The first-order valence-corrected chi connectivity index (χ1v) is 6.20. The Hall–Kier alpha value is -1.38. The second-order valence-corrected chi connectivity index (χ2v) is 4.93. The summed E-state index contributed by atoms with van der Waals surface area (Å²) in [6.07, 6.45) is 3.50. The van der Waals surface area contributed by atoms with Gasteiger partial charge in [-0.3, -0.25) is 9.78 Å². The van der Waals surface area contributed by atoms with E-state index in [1.54, 1.807) is 30.6 Å². The van der Waals surface area contributed by atoms with E-state index in [2.05, 4.69) is 4.98 Å². The van der Waals surface area contributed by atoms with Gasteiger partial charge in [-0.2, -0.15) is 0 Å². The van der Waals surface area contributed by atoms with Gasteiger partial charge < -0.3 is 0 Å². The summed E-state index contributed by atoms with van der Waals surface area (Å²) < 4.78 is 0. The molecule has 0 amide bonds. The lowest BCUT2D eigenvalue weighted by Crippen LogP contribution is -2.05. The van der Waals surface area contributed by atoms with Crippen LogP contribution in [0.5, 0.6) is 0 Å². The van der Waals surface area contributed by atoms with E-state index in [9.17, 15) is 4.79 Å². The first kappa shape index (κ1) is 13.1. The van der Waals surface area contributed by atoms with E-state index in [1.165, 1.54) is 0 Å². The van der Waals surface area contributed by atoms with Gasteiger partial charge in [0, 0.05) is 34.4 Å². The first-order valence-electron chi connectivity index (χ1n) is 5.45. The van der Waals surface area contributed by atoms with E-state index in [0.717, 1.165) is 11.1 Å². The Labute approximate surface area is 116 Å². The largest absolute Gasteiger partial charge is 0.294 e. The fourth-order valence-corrected chi connectivity index (χ4v) is 2.04. The molecule has 0 N–H and O–H groups in total. The molecule has 0 aliphatic rings. The lowest BCUT2D eigenvalue weighted by molar-refractivity contribution is 0.0992. The van der Waals surface area contributed by atoms with Crippen molar-refractivity contribution in [2.24, 2.45) is 0 Å². The Morgan fingerprint density at radius 3 is 2.72 bits per heavy atom. The number of benzene rings is 1. The lowest BCUT2D eigenvalue weighted by Gasteiger charge is -2.05. The van der Waals surface area contributed by atoms with Gasteiger partial charge in [0.1, 0.15) is 0 Å². The predicted molar refractivity (Wildman–Crippen MR) is 73.5 cm³/mol. The summed E-state index contributed by atoms with van der Waals surface area (Å²) in [7, 11) is 0. The Morgan fingerprint density at radius 2 is 2.00 bits per heavy atom. The summed E-state index contributed by atoms with van der Waals surface area (Å²) in [5.74, 6) is -0.0182. The second kappa shape index (κ2) is 5.51. The maximum atomic E-state index is 12.1. The number of ketones is 1. The van der Waals surface area contributed by atoms with E-state index < -0.39 is 0 Å². The molecule has 0 atom stereocenters. The SMILES string of the molecule is Cc1cncc(C(=O)Cc2cc(Cl)ccc2Cl)c1. The van der Waals surface area contributed by atoms with Crippen molar-refractivity contribution in [2.45, 2.75) is 13.3 Å². The van der Waals surface area contributed by atoms with Crippen LogP contribution in [0.4, 0.5) is 0 Å². The number of carbonyl (C=O) groups is 1. The third-order valence-electron chi connectivity index (χ3n) is 2.56. The number of aromatic nitrogens is 1. The van der Waals surface area contributed by atoms with Crippen LogP contribution < -0.4 is 0 Å². The van der Waals surface area contributed by atoms with Gasteiger partial charge in [0.2, 0.25) is 0 Å². The van der Waals surface area contributed by atoms with Crippen LogP contribution in [0.2, 0.25) is 10.0 Å². The maximum absolute atomic E-state index is 12.1. The molecule has 2 nitrogen and oxygen atoms in total. The normalized spacial score (nSPS) is 10.4. The highest BCUT2D eigenvalue weighted by Gasteiger charge is 2.10. The Bertz CT molecular complexity index is 596. The molecule has 0 aliphatic heterocycles. The minimum atomic E-state index is -0.0182. The molecule has 0 fully saturated rings. The van der Waals surface area contributed by atoms with Gasteiger partial charge in [0.15, 0.2) is 5.78 Å². The van der Waals surface area contributed by atoms with Gasteiger partial charge in [-0.1, -0.05) is 23.2 Å². The number of carbonyl (C=O) groups excluding carboxylic acids is 1. The highest BCUT2D eigenvalue weighted by Crippen LogP contribution is 2.22.